The molecule has 3 rings (SSSR count). The monoisotopic (exact) mass is 304 g/mol. The van der Waals surface area contributed by atoms with Gasteiger partial charge >= 0.3 is 0 Å². The summed E-state index contributed by atoms with van der Waals surface area (Å²) in [7, 11) is -3.48. The molecule has 0 saturated carbocycles. The quantitative estimate of drug-likeness (QED) is 0.748. The molecule has 0 fully saturated rings. The molecule has 2 aromatic rings. The van der Waals surface area contributed by atoms with Gasteiger partial charge in [0.1, 0.15) is 10.6 Å². The van der Waals surface area contributed by atoms with Crippen LogP contribution in [0.4, 0.5) is 0 Å². The lowest BCUT2D eigenvalue weighted by atomic mass is 9.92. The molecule has 0 aromatic carbocycles. The minimum absolute atomic E-state index is 0.114. The van der Waals surface area contributed by atoms with E-state index in [-0.39, 0.29) is 21.8 Å². The van der Waals surface area contributed by atoms with Crippen LogP contribution in [-0.4, -0.2) is 18.4 Å². The average molecular weight is 304 g/mol. The Balaban J connectivity index is 2.21. The number of nitrogens with zero attached hydrogens (tertiary/aromatic N) is 2. The minimum Gasteiger partial charge on any atom is -0.454 e. The largest absolute Gasteiger partial charge is 0.454 e. The van der Waals surface area contributed by atoms with E-state index in [0.29, 0.717) is 11.3 Å². The molecule has 2 aromatic heterocycles. The first-order chi connectivity index (χ1) is 9.77. The number of ether oxygens (including phenoxy) is 1. The Bertz CT molecular complexity index is 808. The molecule has 110 valence electrons. The molecular formula is C15H16N2O3S. The van der Waals surface area contributed by atoms with Crippen LogP contribution in [0.1, 0.15) is 32.0 Å². The van der Waals surface area contributed by atoms with Crippen molar-refractivity contribution in [2.75, 3.05) is 0 Å². The van der Waals surface area contributed by atoms with Crippen molar-refractivity contribution in [1.82, 2.24) is 9.97 Å². The van der Waals surface area contributed by atoms with E-state index in [0.717, 1.165) is 5.69 Å². The predicted octanol–water partition coefficient (Wildman–Crippen LogP) is 2.85. The molecule has 0 atom stereocenters. The SMILES string of the molecule is CC(C)(C)c1cc2c(cn1)Oc1ccncc1CS2(=O)=O. The molecule has 3 heterocycles. The Hall–Kier alpha value is -1.95. The molecular weight excluding hydrogens is 288 g/mol. The smallest absolute Gasteiger partial charge is 0.186 e. The first kappa shape index (κ1) is 14.0. The van der Waals surface area contributed by atoms with Gasteiger partial charge in [-0.25, -0.2) is 8.42 Å². The van der Waals surface area contributed by atoms with Gasteiger partial charge in [-0.3, -0.25) is 9.97 Å². The van der Waals surface area contributed by atoms with Crippen LogP contribution >= 0.6 is 0 Å². The molecule has 0 unspecified atom stereocenters. The number of hydrogen-bond donors (Lipinski definition) is 0. The lowest BCUT2D eigenvalue weighted by Gasteiger charge is -2.19. The molecule has 5 nitrogen and oxygen atoms in total. The highest BCUT2D eigenvalue weighted by Crippen LogP contribution is 2.38. The van der Waals surface area contributed by atoms with E-state index >= 15 is 0 Å². The summed E-state index contributed by atoms with van der Waals surface area (Å²) < 4.78 is 30.9. The zero-order chi connectivity index (χ0) is 15.3. The number of fused-ring (bicyclic) bond motifs is 2. The highest BCUT2D eigenvalue weighted by molar-refractivity contribution is 7.90. The topological polar surface area (TPSA) is 69.2 Å². The van der Waals surface area contributed by atoms with Crippen LogP contribution in [0.3, 0.4) is 0 Å². The van der Waals surface area contributed by atoms with Crippen LogP contribution in [0.15, 0.2) is 35.6 Å². The van der Waals surface area contributed by atoms with E-state index in [4.69, 9.17) is 4.74 Å². The zero-order valence-corrected chi connectivity index (χ0v) is 12.9. The summed E-state index contributed by atoms with van der Waals surface area (Å²) >= 11 is 0. The lowest BCUT2D eigenvalue weighted by molar-refractivity contribution is 0.461. The van der Waals surface area contributed by atoms with Gasteiger partial charge in [0.15, 0.2) is 15.6 Å². The van der Waals surface area contributed by atoms with E-state index in [1.54, 1.807) is 18.3 Å². The van der Waals surface area contributed by atoms with Crippen molar-refractivity contribution in [3.05, 3.63) is 42.0 Å². The first-order valence-electron chi connectivity index (χ1n) is 6.61. The van der Waals surface area contributed by atoms with E-state index in [1.807, 2.05) is 20.8 Å². The molecule has 0 amide bonds. The van der Waals surface area contributed by atoms with Crippen LogP contribution in [0, 0.1) is 0 Å². The van der Waals surface area contributed by atoms with Gasteiger partial charge in [-0.2, -0.15) is 0 Å². The number of hydrogen-bond acceptors (Lipinski definition) is 5. The standard InChI is InChI=1S/C15H16N2O3S/c1-15(2,3)14-6-13-12(8-17-14)20-11-4-5-16-7-10(11)9-21(13,18)19/h4-8H,9H2,1-3H3. The molecule has 0 aliphatic carbocycles. The van der Waals surface area contributed by atoms with Crippen molar-refractivity contribution in [2.24, 2.45) is 0 Å². The molecule has 0 bridgehead atoms. The van der Waals surface area contributed by atoms with E-state index < -0.39 is 9.84 Å². The molecule has 1 aliphatic rings. The fourth-order valence-electron chi connectivity index (χ4n) is 2.18. The molecule has 0 radical (unpaired) electrons. The summed E-state index contributed by atoms with van der Waals surface area (Å²) in [4.78, 5) is 8.50. The maximum absolute atomic E-state index is 12.6. The van der Waals surface area contributed by atoms with Crippen LogP contribution in [0.2, 0.25) is 0 Å². The second-order valence-corrected chi connectivity index (χ2v) is 8.07. The normalized spacial score (nSPS) is 16.3. The second kappa shape index (κ2) is 4.53. The molecule has 21 heavy (non-hydrogen) atoms. The van der Waals surface area contributed by atoms with Crippen molar-refractivity contribution in [2.45, 2.75) is 36.8 Å². The highest BCUT2D eigenvalue weighted by atomic mass is 32.2. The van der Waals surface area contributed by atoms with Gasteiger partial charge in [-0.05, 0) is 12.1 Å². The van der Waals surface area contributed by atoms with Gasteiger partial charge < -0.3 is 4.74 Å². The van der Waals surface area contributed by atoms with Crippen molar-refractivity contribution >= 4 is 9.84 Å². The maximum Gasteiger partial charge on any atom is 0.186 e. The van der Waals surface area contributed by atoms with Gasteiger partial charge in [0.25, 0.3) is 0 Å². The number of aromatic nitrogens is 2. The number of sulfone groups is 1. The van der Waals surface area contributed by atoms with E-state index in [9.17, 15) is 8.42 Å². The van der Waals surface area contributed by atoms with Crippen LogP contribution in [0.5, 0.6) is 11.5 Å². The summed E-state index contributed by atoms with van der Waals surface area (Å²) in [5.41, 5.74) is 1.05. The summed E-state index contributed by atoms with van der Waals surface area (Å²) in [6.07, 6.45) is 4.59. The third-order valence-corrected chi connectivity index (χ3v) is 5.04. The number of rotatable bonds is 0. The van der Waals surface area contributed by atoms with Gasteiger partial charge in [0.2, 0.25) is 0 Å². The first-order valence-corrected chi connectivity index (χ1v) is 8.27. The van der Waals surface area contributed by atoms with Crippen LogP contribution < -0.4 is 4.74 Å². The summed E-state index contributed by atoms with van der Waals surface area (Å²) in [6, 6.07) is 3.28. The summed E-state index contributed by atoms with van der Waals surface area (Å²) in [5, 5.41) is 0. The Morgan fingerprint density at radius 2 is 1.95 bits per heavy atom. The van der Waals surface area contributed by atoms with Gasteiger partial charge in [-0.1, -0.05) is 20.8 Å². The van der Waals surface area contributed by atoms with Crippen LogP contribution in [0.25, 0.3) is 0 Å². The van der Waals surface area contributed by atoms with Crippen molar-refractivity contribution in [3.63, 3.8) is 0 Å². The van der Waals surface area contributed by atoms with Crippen LogP contribution in [-0.2, 0) is 21.0 Å². The van der Waals surface area contributed by atoms with Gasteiger partial charge in [-0.15, -0.1) is 0 Å². The Kier molecular flexibility index (Phi) is 3.02. The third-order valence-electron chi connectivity index (χ3n) is 3.36. The fourth-order valence-corrected chi connectivity index (χ4v) is 3.65. The van der Waals surface area contributed by atoms with Gasteiger partial charge in [0, 0.05) is 29.1 Å². The molecule has 0 spiro atoms. The average Bonchev–Trinajstić information content (AvgIpc) is 2.50. The lowest BCUT2D eigenvalue weighted by Crippen LogP contribution is -2.15. The Labute approximate surface area is 123 Å². The Morgan fingerprint density at radius 3 is 2.67 bits per heavy atom. The highest BCUT2D eigenvalue weighted by Gasteiger charge is 2.29. The summed E-state index contributed by atoms with van der Waals surface area (Å²) in [6.45, 7) is 5.97. The van der Waals surface area contributed by atoms with E-state index in [2.05, 4.69) is 9.97 Å². The van der Waals surface area contributed by atoms with E-state index in [1.165, 1.54) is 12.4 Å². The molecule has 6 heteroatoms. The van der Waals surface area contributed by atoms with Crippen molar-refractivity contribution < 1.29 is 13.2 Å². The molecule has 0 N–H and O–H groups in total. The van der Waals surface area contributed by atoms with Crippen molar-refractivity contribution in [3.8, 4) is 11.5 Å². The third kappa shape index (κ3) is 2.51. The van der Waals surface area contributed by atoms with Crippen molar-refractivity contribution in [1.29, 1.82) is 0 Å². The number of pyridine rings is 2. The summed E-state index contributed by atoms with van der Waals surface area (Å²) in [5.74, 6) is 0.669. The predicted molar refractivity (Wildman–Crippen MR) is 78.1 cm³/mol. The Morgan fingerprint density at radius 1 is 1.19 bits per heavy atom. The zero-order valence-electron chi connectivity index (χ0n) is 12.1. The molecule has 1 aliphatic heterocycles. The minimum atomic E-state index is -3.48. The fraction of sp³-hybridized carbons (Fsp3) is 0.333. The second-order valence-electron chi connectivity index (χ2n) is 6.11. The van der Waals surface area contributed by atoms with Gasteiger partial charge in [0.05, 0.1) is 11.9 Å². The molecule has 0 saturated heterocycles. The maximum atomic E-state index is 12.6.